The van der Waals surface area contributed by atoms with Gasteiger partial charge in [0.1, 0.15) is 5.75 Å². The number of para-hydroxylation sites is 1. The van der Waals surface area contributed by atoms with Crippen molar-refractivity contribution >= 4 is 35.1 Å². The Balaban J connectivity index is 1.77. The fraction of sp³-hybridized carbons (Fsp3) is 0.188. The molecule has 0 radical (unpaired) electrons. The van der Waals surface area contributed by atoms with Gasteiger partial charge in [-0.05, 0) is 29.8 Å². The van der Waals surface area contributed by atoms with Gasteiger partial charge in [-0.25, -0.2) is 0 Å². The first-order valence-corrected chi connectivity index (χ1v) is 8.76. The Kier molecular flexibility index (Phi) is 4.41. The third-order valence-electron chi connectivity index (χ3n) is 3.19. The third-order valence-corrected chi connectivity index (χ3v) is 6.29. The maximum atomic E-state index is 12.2. The molecule has 2 aromatic carbocycles. The number of aromatic hydroxyl groups is 1. The molecule has 1 fully saturated rings. The van der Waals surface area contributed by atoms with Gasteiger partial charge in [-0.2, -0.15) is 0 Å². The van der Waals surface area contributed by atoms with Crippen LogP contribution in [0, 0.1) is 0 Å². The molecule has 0 bridgehead atoms. The molecule has 1 saturated heterocycles. The zero-order valence-corrected chi connectivity index (χ0v) is 12.9. The van der Waals surface area contributed by atoms with E-state index < -0.39 is 0 Å². The molecule has 2 aromatic rings. The van der Waals surface area contributed by atoms with Crippen LogP contribution in [-0.2, 0) is 0 Å². The number of nitrogens with one attached hydrogen (secondary N) is 1. The van der Waals surface area contributed by atoms with Gasteiger partial charge >= 0.3 is 0 Å². The number of thioether (sulfide) groups is 2. The van der Waals surface area contributed by atoms with E-state index in [-0.39, 0.29) is 17.2 Å². The van der Waals surface area contributed by atoms with Gasteiger partial charge in [0.15, 0.2) is 0 Å². The maximum Gasteiger partial charge on any atom is 0.259 e. The number of phenols is 1. The molecule has 2 N–H and O–H groups in total. The molecule has 1 aliphatic rings. The molecule has 0 atom stereocenters. The van der Waals surface area contributed by atoms with E-state index in [1.165, 1.54) is 23.1 Å². The quantitative estimate of drug-likeness (QED) is 0.894. The minimum absolute atomic E-state index is 0.00643. The Morgan fingerprint density at radius 3 is 2.62 bits per heavy atom. The maximum absolute atomic E-state index is 12.2. The molecule has 21 heavy (non-hydrogen) atoms. The predicted octanol–water partition coefficient (Wildman–Crippen LogP) is 4.12. The van der Waals surface area contributed by atoms with Crippen molar-refractivity contribution in [1.82, 2.24) is 0 Å². The summed E-state index contributed by atoms with van der Waals surface area (Å²) in [5.74, 6) is 2.04. The summed E-state index contributed by atoms with van der Waals surface area (Å²) < 4.78 is 0.451. The summed E-state index contributed by atoms with van der Waals surface area (Å²) >= 11 is 3.86. The summed E-state index contributed by atoms with van der Waals surface area (Å²) in [4.78, 5) is 12.2. The largest absolute Gasteiger partial charge is 0.507 e. The summed E-state index contributed by atoms with van der Waals surface area (Å²) in [6, 6.07) is 14.5. The van der Waals surface area contributed by atoms with Crippen LogP contribution in [0.25, 0.3) is 0 Å². The number of hydrogen-bond donors (Lipinski definition) is 2. The second kappa shape index (κ2) is 6.45. The number of anilines is 1. The van der Waals surface area contributed by atoms with Gasteiger partial charge in [-0.1, -0.05) is 24.3 Å². The van der Waals surface area contributed by atoms with E-state index in [1.54, 1.807) is 18.2 Å². The van der Waals surface area contributed by atoms with Gasteiger partial charge in [0.2, 0.25) is 0 Å². The molecule has 1 amide bonds. The van der Waals surface area contributed by atoms with E-state index in [1.807, 2.05) is 41.7 Å². The highest BCUT2D eigenvalue weighted by atomic mass is 32.2. The summed E-state index contributed by atoms with van der Waals surface area (Å²) in [6.45, 7) is 0. The predicted molar refractivity (Wildman–Crippen MR) is 90.2 cm³/mol. The Labute approximate surface area is 132 Å². The van der Waals surface area contributed by atoms with Crippen molar-refractivity contribution in [3.8, 4) is 5.75 Å². The molecule has 5 heteroatoms. The molecule has 108 valence electrons. The van der Waals surface area contributed by atoms with Gasteiger partial charge < -0.3 is 10.4 Å². The number of hydrogen-bond acceptors (Lipinski definition) is 4. The van der Waals surface area contributed by atoms with Crippen LogP contribution in [0.4, 0.5) is 5.69 Å². The van der Waals surface area contributed by atoms with Crippen LogP contribution in [0.5, 0.6) is 5.75 Å². The smallest absolute Gasteiger partial charge is 0.259 e. The molecule has 0 saturated carbocycles. The standard InChI is InChI=1S/C16H15NO2S2/c18-14-7-2-1-6-13(14)15(19)17-12-5-3-4-11(10-12)16-20-8-9-21-16/h1-7,10,16,18H,8-9H2,(H,17,19). The average Bonchev–Trinajstić information content (AvgIpc) is 3.02. The Morgan fingerprint density at radius 2 is 1.86 bits per heavy atom. The second-order valence-corrected chi connectivity index (χ2v) is 7.39. The van der Waals surface area contributed by atoms with Crippen molar-refractivity contribution in [3.05, 3.63) is 59.7 Å². The molecular weight excluding hydrogens is 302 g/mol. The summed E-state index contributed by atoms with van der Waals surface area (Å²) in [5.41, 5.74) is 2.26. The van der Waals surface area contributed by atoms with Crippen LogP contribution < -0.4 is 5.32 Å². The highest BCUT2D eigenvalue weighted by Crippen LogP contribution is 2.45. The molecule has 0 unspecified atom stereocenters. The van der Waals surface area contributed by atoms with Gasteiger partial charge in [-0.15, -0.1) is 23.5 Å². The van der Waals surface area contributed by atoms with Gasteiger partial charge in [0, 0.05) is 17.2 Å². The van der Waals surface area contributed by atoms with Crippen LogP contribution in [0.2, 0.25) is 0 Å². The molecule has 0 spiro atoms. The number of rotatable bonds is 3. The molecule has 1 heterocycles. The number of carbonyl (C=O) groups excluding carboxylic acids is 1. The van der Waals surface area contributed by atoms with Crippen molar-refractivity contribution in [2.24, 2.45) is 0 Å². The summed E-state index contributed by atoms with van der Waals surface area (Å²) in [5, 5.41) is 12.6. The number of phenolic OH excluding ortho intramolecular Hbond substituents is 1. The lowest BCUT2D eigenvalue weighted by molar-refractivity contribution is 0.102. The first-order chi connectivity index (χ1) is 10.2. The Hall–Kier alpha value is -1.59. The number of amides is 1. The van der Waals surface area contributed by atoms with Crippen molar-refractivity contribution in [2.75, 3.05) is 16.8 Å². The zero-order valence-electron chi connectivity index (χ0n) is 11.3. The van der Waals surface area contributed by atoms with Crippen LogP contribution >= 0.6 is 23.5 Å². The van der Waals surface area contributed by atoms with E-state index >= 15 is 0 Å². The first kappa shape index (κ1) is 14.4. The molecule has 0 aliphatic carbocycles. The van der Waals surface area contributed by atoms with Crippen molar-refractivity contribution < 1.29 is 9.90 Å². The van der Waals surface area contributed by atoms with E-state index in [9.17, 15) is 9.90 Å². The van der Waals surface area contributed by atoms with Crippen LogP contribution in [0.1, 0.15) is 20.5 Å². The van der Waals surface area contributed by atoms with Gasteiger partial charge in [0.05, 0.1) is 10.1 Å². The molecule has 3 nitrogen and oxygen atoms in total. The SMILES string of the molecule is O=C(Nc1cccc(C2SCCS2)c1)c1ccccc1O. The second-order valence-electron chi connectivity index (χ2n) is 4.67. The first-order valence-electron chi connectivity index (χ1n) is 6.66. The van der Waals surface area contributed by atoms with Crippen LogP contribution in [0.15, 0.2) is 48.5 Å². The normalized spacial score (nSPS) is 15.0. The van der Waals surface area contributed by atoms with E-state index in [4.69, 9.17) is 0 Å². The van der Waals surface area contributed by atoms with Gasteiger partial charge in [0.25, 0.3) is 5.91 Å². The van der Waals surface area contributed by atoms with Crippen molar-refractivity contribution in [1.29, 1.82) is 0 Å². The lowest BCUT2D eigenvalue weighted by Gasteiger charge is -2.11. The van der Waals surface area contributed by atoms with E-state index in [0.29, 0.717) is 4.58 Å². The molecular formula is C16H15NO2S2. The Morgan fingerprint density at radius 1 is 1.10 bits per heavy atom. The van der Waals surface area contributed by atoms with E-state index in [2.05, 4.69) is 11.4 Å². The topological polar surface area (TPSA) is 49.3 Å². The lowest BCUT2D eigenvalue weighted by atomic mass is 10.1. The lowest BCUT2D eigenvalue weighted by Crippen LogP contribution is -2.12. The fourth-order valence-electron chi connectivity index (χ4n) is 2.18. The zero-order chi connectivity index (χ0) is 14.7. The fourth-order valence-corrected chi connectivity index (χ4v) is 5.02. The molecule has 1 aliphatic heterocycles. The van der Waals surface area contributed by atoms with Crippen LogP contribution in [-0.4, -0.2) is 22.5 Å². The van der Waals surface area contributed by atoms with Gasteiger partial charge in [-0.3, -0.25) is 4.79 Å². The minimum Gasteiger partial charge on any atom is -0.507 e. The monoisotopic (exact) mass is 317 g/mol. The molecule has 0 aromatic heterocycles. The Bertz CT molecular complexity index is 654. The summed E-state index contributed by atoms with van der Waals surface area (Å²) in [7, 11) is 0. The third kappa shape index (κ3) is 3.36. The number of carbonyl (C=O) groups is 1. The minimum atomic E-state index is -0.294. The molecule has 3 rings (SSSR count). The van der Waals surface area contributed by atoms with Crippen molar-refractivity contribution in [2.45, 2.75) is 4.58 Å². The van der Waals surface area contributed by atoms with E-state index in [0.717, 1.165) is 5.69 Å². The number of benzene rings is 2. The van der Waals surface area contributed by atoms with Crippen molar-refractivity contribution in [3.63, 3.8) is 0 Å². The summed E-state index contributed by atoms with van der Waals surface area (Å²) in [6.07, 6.45) is 0. The highest BCUT2D eigenvalue weighted by Gasteiger charge is 2.18. The average molecular weight is 317 g/mol. The van der Waals surface area contributed by atoms with Crippen LogP contribution in [0.3, 0.4) is 0 Å². The highest BCUT2D eigenvalue weighted by molar-refractivity contribution is 8.19.